The van der Waals surface area contributed by atoms with Crippen LogP contribution in [0.2, 0.25) is 0 Å². The van der Waals surface area contributed by atoms with E-state index in [1.807, 2.05) is 67.6 Å². The van der Waals surface area contributed by atoms with Gasteiger partial charge in [0, 0.05) is 5.69 Å². The van der Waals surface area contributed by atoms with E-state index in [9.17, 15) is 14.4 Å². The molecule has 168 valence electrons. The summed E-state index contributed by atoms with van der Waals surface area (Å²) in [4.78, 5) is 39.5. The lowest BCUT2D eigenvalue weighted by molar-refractivity contribution is -0.134. The van der Waals surface area contributed by atoms with Crippen LogP contribution in [0.1, 0.15) is 25.3 Å². The number of rotatable bonds is 8. The highest BCUT2D eigenvalue weighted by atomic mass is 16.5. The van der Waals surface area contributed by atoms with Crippen LogP contribution in [0.5, 0.6) is 11.5 Å². The van der Waals surface area contributed by atoms with E-state index in [0.29, 0.717) is 35.6 Å². The Kier molecular flexibility index (Phi) is 6.40. The second kappa shape index (κ2) is 9.56. The average molecular weight is 444 g/mol. The van der Waals surface area contributed by atoms with Gasteiger partial charge in [0.15, 0.2) is 0 Å². The molecule has 33 heavy (non-hydrogen) atoms. The number of hydrogen-bond acceptors (Lipinski definition) is 4. The Morgan fingerprint density at radius 3 is 2.15 bits per heavy atom. The molecule has 7 heteroatoms. The monoisotopic (exact) mass is 443 g/mol. The van der Waals surface area contributed by atoms with Crippen LogP contribution >= 0.6 is 0 Å². The number of anilines is 1. The second-order valence-corrected chi connectivity index (χ2v) is 7.83. The molecular weight excluding hydrogens is 418 g/mol. The third-order valence-corrected chi connectivity index (χ3v) is 5.49. The number of benzene rings is 3. The first kappa shape index (κ1) is 22.1. The molecule has 1 saturated heterocycles. The minimum Gasteiger partial charge on any atom is -0.457 e. The lowest BCUT2D eigenvalue weighted by Gasteiger charge is -2.26. The zero-order valence-corrected chi connectivity index (χ0v) is 18.3. The highest BCUT2D eigenvalue weighted by Crippen LogP contribution is 2.33. The molecule has 1 fully saturated rings. The van der Waals surface area contributed by atoms with E-state index in [-0.39, 0.29) is 6.54 Å². The van der Waals surface area contributed by atoms with Gasteiger partial charge < -0.3 is 15.4 Å². The molecule has 1 atom stereocenters. The van der Waals surface area contributed by atoms with Crippen LogP contribution in [0, 0.1) is 0 Å². The summed E-state index contributed by atoms with van der Waals surface area (Å²) in [6.07, 6.45) is 1.14. The maximum absolute atomic E-state index is 13.3. The summed E-state index contributed by atoms with van der Waals surface area (Å²) in [7, 11) is 0. The maximum atomic E-state index is 13.3. The van der Waals surface area contributed by atoms with Crippen LogP contribution in [0.25, 0.3) is 0 Å². The number of nitrogens with one attached hydrogen (secondary N) is 2. The fourth-order valence-electron chi connectivity index (χ4n) is 3.95. The fraction of sp³-hybridized carbons (Fsp3) is 0.192. The lowest BCUT2D eigenvalue weighted by atomic mass is 9.85. The van der Waals surface area contributed by atoms with Crippen molar-refractivity contribution in [2.45, 2.75) is 25.3 Å². The Bertz CT molecular complexity index is 1130. The molecule has 3 aromatic rings. The number of carbonyl (C=O) groups excluding carboxylic acids is 3. The van der Waals surface area contributed by atoms with Crippen molar-refractivity contribution in [3.8, 4) is 11.5 Å². The molecule has 3 aromatic carbocycles. The number of carbonyl (C=O) groups is 3. The first-order valence-corrected chi connectivity index (χ1v) is 10.8. The Labute approximate surface area is 192 Å². The van der Waals surface area contributed by atoms with Crippen molar-refractivity contribution < 1.29 is 19.1 Å². The predicted octanol–water partition coefficient (Wildman–Crippen LogP) is 4.66. The van der Waals surface area contributed by atoms with Gasteiger partial charge in [0.2, 0.25) is 5.91 Å². The van der Waals surface area contributed by atoms with Crippen molar-refractivity contribution in [3.63, 3.8) is 0 Å². The summed E-state index contributed by atoms with van der Waals surface area (Å²) in [6.45, 7) is 1.58. The van der Waals surface area contributed by atoms with Crippen molar-refractivity contribution in [1.29, 1.82) is 0 Å². The number of para-hydroxylation sites is 1. The van der Waals surface area contributed by atoms with E-state index in [2.05, 4.69) is 10.6 Å². The van der Waals surface area contributed by atoms with E-state index in [4.69, 9.17) is 4.74 Å². The Morgan fingerprint density at radius 1 is 0.909 bits per heavy atom. The smallest absolute Gasteiger partial charge is 0.325 e. The molecule has 1 unspecified atom stereocenters. The number of nitrogens with zero attached hydrogens (tertiary/aromatic N) is 1. The van der Waals surface area contributed by atoms with E-state index in [1.54, 1.807) is 24.3 Å². The van der Waals surface area contributed by atoms with E-state index < -0.39 is 23.4 Å². The van der Waals surface area contributed by atoms with Gasteiger partial charge in [-0.1, -0.05) is 61.9 Å². The standard InChI is InChI=1S/C26H25N3O4/c1-2-17-26(19-9-5-3-6-10-19)24(31)29(25(32)28-26)18-23(30)27-20-13-15-22(16-14-20)33-21-11-7-4-8-12-21/h3-16H,2,17-18H2,1H3,(H,27,30)(H,28,32). The summed E-state index contributed by atoms with van der Waals surface area (Å²) in [5, 5.41) is 5.56. The van der Waals surface area contributed by atoms with Crippen LogP contribution in [0.15, 0.2) is 84.9 Å². The molecule has 1 aliphatic heterocycles. The van der Waals surface area contributed by atoms with Gasteiger partial charge in [-0.25, -0.2) is 4.79 Å². The van der Waals surface area contributed by atoms with Crippen molar-refractivity contribution in [1.82, 2.24) is 10.2 Å². The van der Waals surface area contributed by atoms with E-state index >= 15 is 0 Å². The minimum atomic E-state index is -1.15. The number of urea groups is 1. The van der Waals surface area contributed by atoms with Crippen molar-refractivity contribution in [3.05, 3.63) is 90.5 Å². The van der Waals surface area contributed by atoms with Crippen LogP contribution < -0.4 is 15.4 Å². The molecule has 0 spiro atoms. The minimum absolute atomic E-state index is 0.370. The zero-order chi connectivity index (χ0) is 23.3. The van der Waals surface area contributed by atoms with Gasteiger partial charge in [0.05, 0.1) is 0 Å². The van der Waals surface area contributed by atoms with Crippen LogP contribution in [-0.2, 0) is 15.1 Å². The predicted molar refractivity (Wildman–Crippen MR) is 125 cm³/mol. The fourth-order valence-corrected chi connectivity index (χ4v) is 3.95. The molecule has 0 radical (unpaired) electrons. The summed E-state index contributed by atoms with van der Waals surface area (Å²) in [6, 6.07) is 24.8. The number of ether oxygens (including phenoxy) is 1. The summed E-state index contributed by atoms with van der Waals surface area (Å²) >= 11 is 0. The Hall–Kier alpha value is -4.13. The Balaban J connectivity index is 1.42. The molecule has 4 rings (SSSR count). The molecule has 2 N–H and O–H groups in total. The third kappa shape index (κ3) is 4.72. The molecular formula is C26H25N3O4. The SMILES string of the molecule is CCCC1(c2ccccc2)NC(=O)N(CC(=O)Nc2ccc(Oc3ccccc3)cc2)C1=O. The topological polar surface area (TPSA) is 87.7 Å². The number of amides is 4. The second-order valence-electron chi connectivity index (χ2n) is 7.83. The highest BCUT2D eigenvalue weighted by molar-refractivity contribution is 6.10. The van der Waals surface area contributed by atoms with E-state index in [0.717, 1.165) is 4.90 Å². The average Bonchev–Trinajstić information content (AvgIpc) is 3.07. The van der Waals surface area contributed by atoms with Gasteiger partial charge in [0.1, 0.15) is 23.6 Å². The molecule has 0 saturated carbocycles. The molecule has 0 aliphatic carbocycles. The molecule has 0 aromatic heterocycles. The van der Waals surface area contributed by atoms with Crippen molar-refractivity contribution in [2.75, 3.05) is 11.9 Å². The first-order chi connectivity index (χ1) is 16.0. The van der Waals surface area contributed by atoms with E-state index in [1.165, 1.54) is 0 Å². The summed E-state index contributed by atoms with van der Waals surface area (Å²) in [5.41, 5.74) is 0.0986. The largest absolute Gasteiger partial charge is 0.457 e. The Morgan fingerprint density at radius 2 is 1.52 bits per heavy atom. The molecule has 1 aliphatic rings. The lowest BCUT2D eigenvalue weighted by Crippen LogP contribution is -2.44. The molecule has 0 bridgehead atoms. The number of hydrogen-bond donors (Lipinski definition) is 2. The van der Waals surface area contributed by atoms with Gasteiger partial charge in [-0.15, -0.1) is 0 Å². The van der Waals surface area contributed by atoms with Gasteiger partial charge in [-0.2, -0.15) is 0 Å². The molecule has 7 nitrogen and oxygen atoms in total. The maximum Gasteiger partial charge on any atom is 0.325 e. The van der Waals surface area contributed by atoms with Crippen LogP contribution in [0.4, 0.5) is 10.5 Å². The van der Waals surface area contributed by atoms with Crippen LogP contribution in [0.3, 0.4) is 0 Å². The highest BCUT2D eigenvalue weighted by Gasteiger charge is 2.52. The van der Waals surface area contributed by atoms with Gasteiger partial charge in [0.25, 0.3) is 5.91 Å². The summed E-state index contributed by atoms with van der Waals surface area (Å²) in [5.74, 6) is 0.459. The van der Waals surface area contributed by atoms with Crippen molar-refractivity contribution >= 4 is 23.5 Å². The third-order valence-electron chi connectivity index (χ3n) is 5.49. The summed E-state index contributed by atoms with van der Waals surface area (Å²) < 4.78 is 5.74. The van der Waals surface area contributed by atoms with Crippen molar-refractivity contribution in [2.24, 2.45) is 0 Å². The van der Waals surface area contributed by atoms with Gasteiger partial charge in [-0.05, 0) is 48.4 Å². The quantitative estimate of drug-likeness (QED) is 0.496. The van der Waals surface area contributed by atoms with Gasteiger partial charge >= 0.3 is 6.03 Å². The molecule has 1 heterocycles. The zero-order valence-electron chi connectivity index (χ0n) is 18.3. The number of imide groups is 1. The first-order valence-electron chi connectivity index (χ1n) is 10.8. The normalized spacial score (nSPS) is 17.5. The molecule has 4 amide bonds. The van der Waals surface area contributed by atoms with Crippen LogP contribution in [-0.4, -0.2) is 29.3 Å². The van der Waals surface area contributed by atoms with Gasteiger partial charge in [-0.3, -0.25) is 14.5 Å².